The number of amides is 1. The Labute approximate surface area is 142 Å². The number of carbonyl (C=O) groups is 1. The van der Waals surface area contributed by atoms with Crippen molar-refractivity contribution in [1.29, 1.82) is 5.26 Å². The van der Waals surface area contributed by atoms with Crippen molar-refractivity contribution in [3.8, 4) is 6.07 Å². The molecule has 2 aromatic rings. The Hall–Kier alpha value is -2.55. The van der Waals surface area contributed by atoms with Crippen LogP contribution in [0.5, 0.6) is 0 Å². The van der Waals surface area contributed by atoms with E-state index in [1.54, 1.807) is 24.3 Å². The summed E-state index contributed by atoms with van der Waals surface area (Å²) in [5.74, 6) is -1.07. The number of anilines is 2. The van der Waals surface area contributed by atoms with Gasteiger partial charge in [0.25, 0.3) is 5.91 Å². The van der Waals surface area contributed by atoms with Gasteiger partial charge in [0.15, 0.2) is 0 Å². The van der Waals surface area contributed by atoms with Gasteiger partial charge in [0.1, 0.15) is 17.5 Å². The number of hydrogen-bond donors (Lipinski definition) is 2. The first kappa shape index (κ1) is 16.8. The van der Waals surface area contributed by atoms with E-state index in [1.807, 2.05) is 0 Å². The Morgan fingerprint density at radius 1 is 1.13 bits per heavy atom. The van der Waals surface area contributed by atoms with Crippen LogP contribution < -0.4 is 10.6 Å². The molecule has 23 heavy (non-hydrogen) atoms. The smallest absolute Gasteiger partial charge is 0.267 e. The first-order valence-corrected chi connectivity index (χ1v) is 7.14. The standard InChI is InChI=1S/C16H10Cl2FN3O/c17-13-2-1-3-14(18)15(13)21-9-10(8-20)16(23)22-12-6-4-11(19)5-7-12/h1-7,9,21H,(H,22,23)/b10-9-. The second kappa shape index (κ2) is 7.63. The molecule has 0 fully saturated rings. The van der Waals surface area contributed by atoms with Gasteiger partial charge < -0.3 is 10.6 Å². The Kier molecular flexibility index (Phi) is 5.58. The van der Waals surface area contributed by atoms with Crippen LogP contribution >= 0.6 is 23.2 Å². The Balaban J connectivity index is 2.14. The molecular formula is C16H10Cl2FN3O. The lowest BCUT2D eigenvalue weighted by Gasteiger charge is -2.07. The summed E-state index contributed by atoms with van der Waals surface area (Å²) in [6, 6.07) is 11.9. The summed E-state index contributed by atoms with van der Waals surface area (Å²) in [7, 11) is 0. The van der Waals surface area contributed by atoms with Gasteiger partial charge in [-0.05, 0) is 36.4 Å². The molecule has 2 rings (SSSR count). The van der Waals surface area contributed by atoms with Crippen LogP contribution in [0.1, 0.15) is 0 Å². The minimum atomic E-state index is -0.644. The molecule has 0 atom stereocenters. The second-order valence-corrected chi connectivity index (χ2v) is 5.19. The third-order valence-corrected chi connectivity index (χ3v) is 3.42. The largest absolute Gasteiger partial charge is 0.358 e. The van der Waals surface area contributed by atoms with Crippen LogP contribution in [0.15, 0.2) is 54.2 Å². The topological polar surface area (TPSA) is 64.9 Å². The van der Waals surface area contributed by atoms with E-state index in [1.165, 1.54) is 30.5 Å². The summed E-state index contributed by atoms with van der Waals surface area (Å²) in [6.45, 7) is 0. The van der Waals surface area contributed by atoms with Gasteiger partial charge >= 0.3 is 0 Å². The van der Waals surface area contributed by atoms with E-state index < -0.39 is 11.7 Å². The molecule has 0 saturated carbocycles. The summed E-state index contributed by atoms with van der Waals surface area (Å²) in [5, 5.41) is 15.0. The summed E-state index contributed by atoms with van der Waals surface area (Å²) in [4.78, 5) is 12.0. The summed E-state index contributed by atoms with van der Waals surface area (Å²) in [6.07, 6.45) is 1.20. The minimum Gasteiger partial charge on any atom is -0.358 e. The molecule has 2 N–H and O–H groups in total. The van der Waals surface area contributed by atoms with Crippen molar-refractivity contribution in [1.82, 2.24) is 0 Å². The maximum Gasteiger partial charge on any atom is 0.267 e. The lowest BCUT2D eigenvalue weighted by atomic mass is 10.2. The molecule has 0 aliphatic heterocycles. The lowest BCUT2D eigenvalue weighted by molar-refractivity contribution is -0.112. The highest BCUT2D eigenvalue weighted by Gasteiger charge is 2.10. The predicted molar refractivity (Wildman–Crippen MR) is 88.8 cm³/mol. The van der Waals surface area contributed by atoms with E-state index in [0.29, 0.717) is 21.4 Å². The van der Waals surface area contributed by atoms with Gasteiger partial charge in [-0.1, -0.05) is 29.3 Å². The van der Waals surface area contributed by atoms with E-state index in [0.717, 1.165) is 0 Å². The zero-order chi connectivity index (χ0) is 16.8. The maximum atomic E-state index is 12.8. The highest BCUT2D eigenvalue weighted by atomic mass is 35.5. The van der Waals surface area contributed by atoms with Crippen molar-refractivity contribution in [3.05, 3.63) is 70.1 Å². The molecule has 2 aromatic carbocycles. The van der Waals surface area contributed by atoms with Gasteiger partial charge in [-0.25, -0.2) is 4.39 Å². The van der Waals surface area contributed by atoms with Crippen LogP contribution in [0.2, 0.25) is 10.0 Å². The molecule has 116 valence electrons. The van der Waals surface area contributed by atoms with Crippen molar-refractivity contribution in [2.75, 3.05) is 10.6 Å². The fourth-order valence-corrected chi connectivity index (χ4v) is 2.17. The predicted octanol–water partition coefficient (Wildman–Crippen LogP) is 4.59. The summed E-state index contributed by atoms with van der Waals surface area (Å²) in [5.41, 5.74) is 0.566. The first-order valence-electron chi connectivity index (χ1n) is 6.39. The van der Waals surface area contributed by atoms with Crippen molar-refractivity contribution in [2.24, 2.45) is 0 Å². The summed E-state index contributed by atoms with van der Waals surface area (Å²) >= 11 is 12.0. The third kappa shape index (κ3) is 4.46. The van der Waals surface area contributed by atoms with Crippen LogP contribution in [0.4, 0.5) is 15.8 Å². The molecule has 0 radical (unpaired) electrons. The number of nitrogens with zero attached hydrogens (tertiary/aromatic N) is 1. The number of carbonyl (C=O) groups excluding carboxylic acids is 1. The molecule has 4 nitrogen and oxygen atoms in total. The van der Waals surface area contributed by atoms with Gasteiger partial charge in [0, 0.05) is 11.9 Å². The van der Waals surface area contributed by atoms with Gasteiger partial charge in [-0.3, -0.25) is 4.79 Å². The molecule has 0 aliphatic carbocycles. The Bertz CT molecular complexity index is 778. The maximum absolute atomic E-state index is 12.8. The van der Waals surface area contributed by atoms with Crippen LogP contribution in [0, 0.1) is 17.1 Å². The van der Waals surface area contributed by atoms with Crippen molar-refractivity contribution >= 4 is 40.5 Å². The lowest BCUT2D eigenvalue weighted by Crippen LogP contribution is -2.14. The fourth-order valence-electron chi connectivity index (χ4n) is 1.66. The molecule has 0 unspecified atom stereocenters. The molecule has 0 heterocycles. The fraction of sp³-hybridized carbons (Fsp3) is 0. The molecule has 0 spiro atoms. The number of hydrogen-bond acceptors (Lipinski definition) is 3. The number of rotatable bonds is 4. The average molecular weight is 350 g/mol. The van der Waals surface area contributed by atoms with Gasteiger partial charge in [-0.15, -0.1) is 0 Å². The van der Waals surface area contributed by atoms with Crippen LogP contribution in [0.3, 0.4) is 0 Å². The van der Waals surface area contributed by atoms with E-state index in [-0.39, 0.29) is 5.57 Å². The average Bonchev–Trinajstić information content (AvgIpc) is 2.52. The minimum absolute atomic E-state index is 0.190. The molecule has 7 heteroatoms. The zero-order valence-electron chi connectivity index (χ0n) is 11.6. The van der Waals surface area contributed by atoms with E-state index >= 15 is 0 Å². The number of nitriles is 1. The van der Waals surface area contributed by atoms with E-state index in [2.05, 4.69) is 10.6 Å². The van der Waals surface area contributed by atoms with Crippen LogP contribution in [-0.2, 0) is 4.79 Å². The molecule has 0 saturated heterocycles. The highest BCUT2D eigenvalue weighted by Crippen LogP contribution is 2.29. The zero-order valence-corrected chi connectivity index (χ0v) is 13.1. The normalized spacial score (nSPS) is 10.8. The Morgan fingerprint density at radius 3 is 2.30 bits per heavy atom. The molecular weight excluding hydrogens is 340 g/mol. The Morgan fingerprint density at radius 2 is 1.74 bits per heavy atom. The quantitative estimate of drug-likeness (QED) is 0.626. The number of halogens is 3. The van der Waals surface area contributed by atoms with Gasteiger partial charge in [-0.2, -0.15) is 5.26 Å². The number of para-hydroxylation sites is 1. The highest BCUT2D eigenvalue weighted by molar-refractivity contribution is 6.39. The van der Waals surface area contributed by atoms with Crippen molar-refractivity contribution in [3.63, 3.8) is 0 Å². The number of benzene rings is 2. The number of nitrogens with one attached hydrogen (secondary N) is 2. The van der Waals surface area contributed by atoms with Crippen LogP contribution in [-0.4, -0.2) is 5.91 Å². The second-order valence-electron chi connectivity index (χ2n) is 4.37. The molecule has 0 aromatic heterocycles. The summed E-state index contributed by atoms with van der Waals surface area (Å²) < 4.78 is 12.8. The SMILES string of the molecule is N#C/C(=C/Nc1c(Cl)cccc1Cl)C(=O)Nc1ccc(F)cc1. The monoisotopic (exact) mass is 349 g/mol. The third-order valence-electron chi connectivity index (χ3n) is 2.79. The van der Waals surface area contributed by atoms with E-state index in [4.69, 9.17) is 28.5 Å². The van der Waals surface area contributed by atoms with Gasteiger partial charge in [0.2, 0.25) is 0 Å². The van der Waals surface area contributed by atoms with Crippen LogP contribution in [0.25, 0.3) is 0 Å². The first-order chi connectivity index (χ1) is 11.0. The molecule has 0 bridgehead atoms. The van der Waals surface area contributed by atoms with Gasteiger partial charge in [0.05, 0.1) is 15.7 Å². The van der Waals surface area contributed by atoms with Crippen molar-refractivity contribution < 1.29 is 9.18 Å². The molecule has 1 amide bonds. The molecule has 0 aliphatic rings. The van der Waals surface area contributed by atoms with Crippen molar-refractivity contribution in [2.45, 2.75) is 0 Å². The van der Waals surface area contributed by atoms with E-state index in [9.17, 15) is 9.18 Å².